The van der Waals surface area contributed by atoms with Crippen molar-refractivity contribution < 1.29 is 13.2 Å². The molecule has 1 saturated heterocycles. The summed E-state index contributed by atoms with van der Waals surface area (Å²) in [4.78, 5) is 0. The number of nitrogens with one attached hydrogen (secondary N) is 1. The molecule has 0 bridgehead atoms. The van der Waals surface area contributed by atoms with Gasteiger partial charge >= 0.3 is 0 Å². The van der Waals surface area contributed by atoms with Crippen LogP contribution in [0.25, 0.3) is 0 Å². The number of ether oxygens (including phenoxy) is 1. The maximum atomic E-state index is 12.7. The Morgan fingerprint density at radius 2 is 2.30 bits per heavy atom. The predicted molar refractivity (Wildman–Crippen MR) is 87.4 cm³/mol. The molecule has 0 saturated carbocycles. The van der Waals surface area contributed by atoms with Crippen molar-refractivity contribution in [3.8, 4) is 0 Å². The second-order valence-corrected chi connectivity index (χ2v) is 9.66. The molecule has 1 fully saturated rings. The smallest absolute Gasteiger partial charge is 0.252 e. The van der Waals surface area contributed by atoms with E-state index in [-0.39, 0.29) is 5.92 Å². The van der Waals surface area contributed by atoms with Gasteiger partial charge in [-0.3, -0.25) is 5.10 Å². The van der Waals surface area contributed by atoms with E-state index in [2.05, 4.69) is 10.2 Å². The van der Waals surface area contributed by atoms with Gasteiger partial charge in [-0.2, -0.15) is 9.40 Å². The van der Waals surface area contributed by atoms with Crippen molar-refractivity contribution in [3.63, 3.8) is 0 Å². The van der Waals surface area contributed by atoms with Gasteiger partial charge in [0.05, 0.1) is 23.2 Å². The normalized spacial score (nSPS) is 22.4. The van der Waals surface area contributed by atoms with E-state index < -0.39 is 10.0 Å². The van der Waals surface area contributed by atoms with Gasteiger partial charge in [0.2, 0.25) is 0 Å². The molecule has 2 aliphatic heterocycles. The highest BCUT2D eigenvalue weighted by Crippen LogP contribution is 2.35. The summed E-state index contributed by atoms with van der Waals surface area (Å²) in [7, 11) is -3.46. The number of nitrogens with zero attached hydrogens (tertiary/aromatic N) is 2. The van der Waals surface area contributed by atoms with Crippen LogP contribution in [0.4, 0.5) is 0 Å². The number of sulfonamides is 1. The topological polar surface area (TPSA) is 75.3 Å². The number of hydrogen-bond donors (Lipinski definition) is 1. The fraction of sp³-hybridized carbons (Fsp3) is 0.500. The van der Waals surface area contributed by atoms with Crippen molar-refractivity contribution in [2.24, 2.45) is 0 Å². The molecule has 2 aliphatic rings. The van der Waals surface area contributed by atoms with Gasteiger partial charge in [0.15, 0.2) is 0 Å². The largest absolute Gasteiger partial charge is 0.376 e. The molecule has 0 aliphatic carbocycles. The molecule has 2 aromatic rings. The Hall–Kier alpha value is -0.930. The minimum absolute atomic E-state index is 0.113. The fourth-order valence-electron chi connectivity index (χ4n) is 3.20. The van der Waals surface area contributed by atoms with Gasteiger partial charge in [-0.1, -0.05) is 11.6 Å². The van der Waals surface area contributed by atoms with Crippen molar-refractivity contribution in [2.75, 3.05) is 19.7 Å². The average molecular weight is 374 g/mol. The highest BCUT2D eigenvalue weighted by atomic mass is 35.5. The Labute approximate surface area is 143 Å². The van der Waals surface area contributed by atoms with Crippen LogP contribution >= 0.6 is 22.9 Å². The van der Waals surface area contributed by atoms with E-state index in [9.17, 15) is 8.42 Å². The third-order valence-electron chi connectivity index (χ3n) is 4.41. The second kappa shape index (κ2) is 5.86. The molecule has 1 unspecified atom stereocenters. The van der Waals surface area contributed by atoms with Crippen LogP contribution in [-0.4, -0.2) is 42.6 Å². The molecule has 4 rings (SSSR count). The first kappa shape index (κ1) is 15.6. The summed E-state index contributed by atoms with van der Waals surface area (Å²) in [5.74, 6) is 0.113. The molecular weight excluding hydrogens is 358 g/mol. The summed E-state index contributed by atoms with van der Waals surface area (Å²) in [5, 5.41) is 7.51. The fourth-order valence-corrected chi connectivity index (χ4v) is 6.34. The lowest BCUT2D eigenvalue weighted by atomic mass is 9.98. The number of aromatic amines is 1. The molecule has 0 aromatic carbocycles. The highest BCUT2D eigenvalue weighted by Gasteiger charge is 2.36. The highest BCUT2D eigenvalue weighted by molar-refractivity contribution is 7.91. The quantitative estimate of drug-likeness (QED) is 0.896. The summed E-state index contributed by atoms with van der Waals surface area (Å²) >= 11 is 6.97. The van der Waals surface area contributed by atoms with Crippen LogP contribution in [0.15, 0.2) is 16.3 Å². The molecule has 124 valence electrons. The SMILES string of the molecule is O=S(=O)(c1ccc(Cl)s1)N1CCC(c2n[nH]c3c2COCC3)C1. The maximum Gasteiger partial charge on any atom is 0.252 e. The van der Waals surface area contributed by atoms with Crippen molar-refractivity contribution in [2.45, 2.75) is 29.6 Å². The number of rotatable bonds is 3. The summed E-state index contributed by atoms with van der Waals surface area (Å²) < 4.78 is 33.2. The number of aromatic nitrogens is 2. The summed E-state index contributed by atoms with van der Waals surface area (Å²) in [6.45, 7) is 2.23. The van der Waals surface area contributed by atoms with Crippen molar-refractivity contribution in [1.82, 2.24) is 14.5 Å². The van der Waals surface area contributed by atoms with Crippen LogP contribution in [0, 0.1) is 0 Å². The molecular formula is C14H16ClN3O3S2. The van der Waals surface area contributed by atoms with Crippen LogP contribution in [-0.2, 0) is 27.8 Å². The van der Waals surface area contributed by atoms with E-state index in [1.54, 1.807) is 12.1 Å². The zero-order chi connectivity index (χ0) is 16.0. The Kier molecular flexibility index (Phi) is 3.97. The number of halogens is 1. The van der Waals surface area contributed by atoms with Crippen LogP contribution in [0.5, 0.6) is 0 Å². The van der Waals surface area contributed by atoms with Crippen molar-refractivity contribution in [1.29, 1.82) is 0 Å². The minimum atomic E-state index is -3.46. The second-order valence-electron chi connectivity index (χ2n) is 5.78. The monoisotopic (exact) mass is 373 g/mol. The van der Waals surface area contributed by atoms with E-state index in [1.165, 1.54) is 4.31 Å². The van der Waals surface area contributed by atoms with Gasteiger partial charge in [-0.25, -0.2) is 8.42 Å². The molecule has 4 heterocycles. The van der Waals surface area contributed by atoms with E-state index in [1.807, 2.05) is 0 Å². The lowest BCUT2D eigenvalue weighted by Crippen LogP contribution is -2.28. The van der Waals surface area contributed by atoms with E-state index in [0.717, 1.165) is 41.1 Å². The number of hydrogen-bond acceptors (Lipinski definition) is 5. The van der Waals surface area contributed by atoms with Gasteiger partial charge in [0.1, 0.15) is 4.21 Å². The summed E-state index contributed by atoms with van der Waals surface area (Å²) in [5.41, 5.74) is 3.19. The van der Waals surface area contributed by atoms with Crippen LogP contribution in [0.1, 0.15) is 29.3 Å². The molecule has 9 heteroatoms. The van der Waals surface area contributed by atoms with Crippen LogP contribution in [0.2, 0.25) is 4.34 Å². The van der Waals surface area contributed by atoms with Crippen LogP contribution < -0.4 is 0 Å². The Morgan fingerprint density at radius 3 is 3.09 bits per heavy atom. The minimum Gasteiger partial charge on any atom is -0.376 e. The van der Waals surface area contributed by atoms with Crippen molar-refractivity contribution in [3.05, 3.63) is 33.4 Å². The van der Waals surface area contributed by atoms with E-state index in [0.29, 0.717) is 34.8 Å². The Morgan fingerprint density at radius 1 is 1.43 bits per heavy atom. The molecule has 0 amide bonds. The lowest BCUT2D eigenvalue weighted by Gasteiger charge is -2.16. The van der Waals surface area contributed by atoms with Crippen molar-refractivity contribution >= 4 is 33.0 Å². The van der Waals surface area contributed by atoms with Gasteiger partial charge in [-0.15, -0.1) is 11.3 Å². The standard InChI is InChI=1S/C14H16ClN3O3S2/c15-12-1-2-13(22-12)23(19,20)18-5-3-9(7-18)14-10-8-21-6-4-11(10)16-17-14/h1-2,9H,3-8H2,(H,16,17). The maximum absolute atomic E-state index is 12.7. The molecule has 2 aromatic heterocycles. The third kappa shape index (κ3) is 2.72. The van der Waals surface area contributed by atoms with Crippen LogP contribution in [0.3, 0.4) is 0 Å². The molecule has 1 N–H and O–H groups in total. The summed E-state index contributed by atoms with van der Waals surface area (Å²) in [6.07, 6.45) is 1.61. The van der Waals surface area contributed by atoms with Gasteiger partial charge in [0, 0.05) is 36.7 Å². The Bertz CT molecular complexity index is 830. The molecule has 6 nitrogen and oxygen atoms in total. The first-order chi connectivity index (χ1) is 11.1. The van der Waals surface area contributed by atoms with E-state index >= 15 is 0 Å². The zero-order valence-electron chi connectivity index (χ0n) is 12.3. The average Bonchev–Trinajstić information content (AvgIpc) is 3.25. The first-order valence-corrected chi connectivity index (χ1v) is 10.1. The first-order valence-electron chi connectivity index (χ1n) is 7.45. The molecule has 23 heavy (non-hydrogen) atoms. The van der Waals surface area contributed by atoms with Gasteiger partial charge < -0.3 is 4.74 Å². The number of H-pyrrole nitrogens is 1. The van der Waals surface area contributed by atoms with Gasteiger partial charge in [-0.05, 0) is 18.6 Å². The number of fused-ring (bicyclic) bond motifs is 1. The zero-order valence-corrected chi connectivity index (χ0v) is 14.7. The predicted octanol–water partition coefficient (Wildman–Crippen LogP) is 2.38. The Balaban J connectivity index is 1.57. The molecule has 0 spiro atoms. The molecule has 0 radical (unpaired) electrons. The summed E-state index contributed by atoms with van der Waals surface area (Å²) in [6, 6.07) is 3.19. The third-order valence-corrected chi connectivity index (χ3v) is 7.97. The van der Waals surface area contributed by atoms with Gasteiger partial charge in [0.25, 0.3) is 10.0 Å². The molecule has 1 atom stereocenters. The van der Waals surface area contributed by atoms with E-state index in [4.69, 9.17) is 16.3 Å². The number of thiophene rings is 1. The lowest BCUT2D eigenvalue weighted by molar-refractivity contribution is 0.109.